The Morgan fingerprint density at radius 3 is 2.35 bits per heavy atom. The van der Waals surface area contributed by atoms with Gasteiger partial charge in [0.05, 0.1) is 12.4 Å². The zero-order valence-electron chi connectivity index (χ0n) is 16.0. The molecule has 6 heteroatoms. The number of carbonyl (C=O) groups is 1. The monoisotopic (exact) mass is 353 g/mol. The van der Waals surface area contributed by atoms with Gasteiger partial charge in [0.1, 0.15) is 11.5 Å². The number of para-hydroxylation sites is 1. The van der Waals surface area contributed by atoms with Crippen LogP contribution in [0, 0.1) is 0 Å². The Bertz CT molecular complexity index is 759. The molecule has 0 radical (unpaired) electrons. The SMILES string of the molecule is CN1CCN(c2cnc(C(=O)Nc3ccccc3C(C)(C)C)cn2)CC1. The van der Waals surface area contributed by atoms with E-state index in [0.717, 1.165) is 43.2 Å². The molecule has 0 aliphatic carbocycles. The van der Waals surface area contributed by atoms with E-state index in [1.165, 1.54) is 0 Å². The summed E-state index contributed by atoms with van der Waals surface area (Å²) in [7, 11) is 2.12. The summed E-state index contributed by atoms with van der Waals surface area (Å²) in [5.41, 5.74) is 2.18. The largest absolute Gasteiger partial charge is 0.353 e. The topological polar surface area (TPSA) is 61.4 Å². The molecule has 0 bridgehead atoms. The van der Waals surface area contributed by atoms with E-state index in [1.807, 2.05) is 24.3 Å². The highest BCUT2D eigenvalue weighted by Gasteiger charge is 2.20. The van der Waals surface area contributed by atoms with E-state index in [1.54, 1.807) is 12.4 Å². The number of nitrogens with one attached hydrogen (secondary N) is 1. The molecule has 26 heavy (non-hydrogen) atoms. The molecule has 138 valence electrons. The zero-order chi connectivity index (χ0) is 18.7. The van der Waals surface area contributed by atoms with Crippen LogP contribution in [0.25, 0.3) is 0 Å². The lowest BCUT2D eigenvalue weighted by Gasteiger charge is -2.32. The molecule has 0 saturated carbocycles. The third-order valence-corrected chi connectivity index (χ3v) is 4.68. The highest BCUT2D eigenvalue weighted by Crippen LogP contribution is 2.29. The van der Waals surface area contributed by atoms with Crippen LogP contribution in [0.15, 0.2) is 36.7 Å². The van der Waals surface area contributed by atoms with Gasteiger partial charge in [0, 0.05) is 31.9 Å². The molecule has 0 unspecified atom stereocenters. The molecule has 1 saturated heterocycles. The minimum Gasteiger partial charge on any atom is -0.353 e. The fourth-order valence-electron chi connectivity index (χ4n) is 3.07. The Kier molecular flexibility index (Phi) is 5.23. The summed E-state index contributed by atoms with van der Waals surface area (Å²) in [6.45, 7) is 10.3. The highest BCUT2D eigenvalue weighted by atomic mass is 16.1. The number of carbonyl (C=O) groups excluding carboxylic acids is 1. The van der Waals surface area contributed by atoms with E-state index in [2.05, 4.69) is 52.9 Å². The van der Waals surface area contributed by atoms with Gasteiger partial charge in [-0.3, -0.25) is 4.79 Å². The second-order valence-electron chi connectivity index (χ2n) is 7.80. The van der Waals surface area contributed by atoms with E-state index in [4.69, 9.17) is 0 Å². The molecule has 2 heterocycles. The van der Waals surface area contributed by atoms with E-state index < -0.39 is 0 Å². The number of anilines is 2. The first-order valence-electron chi connectivity index (χ1n) is 9.01. The molecule has 1 amide bonds. The van der Waals surface area contributed by atoms with Crippen molar-refractivity contribution in [1.29, 1.82) is 0 Å². The molecule has 1 aliphatic heterocycles. The smallest absolute Gasteiger partial charge is 0.275 e. The van der Waals surface area contributed by atoms with Crippen molar-refractivity contribution in [2.24, 2.45) is 0 Å². The Labute approximate surface area is 155 Å². The maximum atomic E-state index is 12.6. The van der Waals surface area contributed by atoms with Gasteiger partial charge in [-0.2, -0.15) is 0 Å². The number of piperazine rings is 1. The van der Waals surface area contributed by atoms with Gasteiger partial charge in [-0.1, -0.05) is 39.0 Å². The minimum atomic E-state index is -0.237. The van der Waals surface area contributed by atoms with E-state index in [-0.39, 0.29) is 11.3 Å². The van der Waals surface area contributed by atoms with Crippen LogP contribution in [-0.2, 0) is 5.41 Å². The van der Waals surface area contributed by atoms with Crippen LogP contribution in [0.2, 0.25) is 0 Å². The fraction of sp³-hybridized carbons (Fsp3) is 0.450. The van der Waals surface area contributed by atoms with Gasteiger partial charge in [-0.25, -0.2) is 9.97 Å². The average molecular weight is 353 g/mol. The van der Waals surface area contributed by atoms with Gasteiger partial charge in [0.2, 0.25) is 0 Å². The Balaban J connectivity index is 1.71. The summed E-state index contributed by atoms with van der Waals surface area (Å²) in [5.74, 6) is 0.587. The Morgan fingerprint density at radius 2 is 1.73 bits per heavy atom. The van der Waals surface area contributed by atoms with Crippen molar-refractivity contribution in [3.63, 3.8) is 0 Å². The van der Waals surface area contributed by atoms with Crippen LogP contribution in [0.3, 0.4) is 0 Å². The maximum Gasteiger partial charge on any atom is 0.275 e. The summed E-state index contributed by atoms with van der Waals surface area (Å²) < 4.78 is 0. The first kappa shape index (κ1) is 18.3. The van der Waals surface area contributed by atoms with Gasteiger partial charge in [0.15, 0.2) is 0 Å². The van der Waals surface area contributed by atoms with Crippen molar-refractivity contribution in [3.8, 4) is 0 Å². The predicted molar refractivity (Wildman–Crippen MR) is 105 cm³/mol. The molecule has 0 spiro atoms. The number of benzene rings is 1. The second-order valence-corrected chi connectivity index (χ2v) is 7.80. The zero-order valence-corrected chi connectivity index (χ0v) is 16.0. The summed E-state index contributed by atoms with van der Waals surface area (Å²) in [6.07, 6.45) is 3.25. The quantitative estimate of drug-likeness (QED) is 0.919. The molecule has 1 aromatic carbocycles. The van der Waals surface area contributed by atoms with Crippen molar-refractivity contribution >= 4 is 17.4 Å². The lowest BCUT2D eigenvalue weighted by Crippen LogP contribution is -2.44. The fourth-order valence-corrected chi connectivity index (χ4v) is 3.07. The normalized spacial score (nSPS) is 15.8. The van der Waals surface area contributed by atoms with Gasteiger partial charge in [-0.05, 0) is 24.1 Å². The first-order valence-corrected chi connectivity index (χ1v) is 9.01. The number of nitrogens with zero attached hydrogens (tertiary/aromatic N) is 4. The lowest BCUT2D eigenvalue weighted by atomic mass is 9.86. The second kappa shape index (κ2) is 7.41. The molecule has 3 rings (SSSR count). The standard InChI is InChI=1S/C20H27N5O/c1-20(2,3)15-7-5-6-8-16(15)23-19(26)17-13-22-18(14-21-17)25-11-9-24(4)10-12-25/h5-8,13-14H,9-12H2,1-4H3,(H,23,26). The van der Waals surface area contributed by atoms with Gasteiger partial charge in [-0.15, -0.1) is 0 Å². The molecule has 1 N–H and O–H groups in total. The van der Waals surface area contributed by atoms with Crippen molar-refractivity contribution in [2.75, 3.05) is 43.4 Å². The predicted octanol–water partition coefficient (Wildman–Crippen LogP) is 2.78. The third kappa shape index (κ3) is 4.19. The number of amides is 1. The lowest BCUT2D eigenvalue weighted by molar-refractivity contribution is 0.102. The molecular weight excluding hydrogens is 326 g/mol. The van der Waals surface area contributed by atoms with Crippen molar-refractivity contribution < 1.29 is 4.79 Å². The maximum absolute atomic E-state index is 12.6. The number of aromatic nitrogens is 2. The van der Waals surface area contributed by atoms with Gasteiger partial charge in [0.25, 0.3) is 5.91 Å². The highest BCUT2D eigenvalue weighted by molar-refractivity contribution is 6.03. The van der Waals surface area contributed by atoms with Gasteiger partial charge >= 0.3 is 0 Å². The van der Waals surface area contributed by atoms with Crippen molar-refractivity contribution in [1.82, 2.24) is 14.9 Å². The molecule has 1 aliphatic rings. The molecule has 6 nitrogen and oxygen atoms in total. The van der Waals surface area contributed by atoms with Crippen LogP contribution in [-0.4, -0.2) is 54.0 Å². The summed E-state index contributed by atoms with van der Waals surface area (Å²) in [4.78, 5) is 25.9. The minimum absolute atomic E-state index is 0.0547. The summed E-state index contributed by atoms with van der Waals surface area (Å²) in [6, 6.07) is 7.87. The molecule has 2 aromatic rings. The molecular formula is C20H27N5O. The number of hydrogen-bond donors (Lipinski definition) is 1. The average Bonchev–Trinajstić information content (AvgIpc) is 2.62. The third-order valence-electron chi connectivity index (χ3n) is 4.68. The van der Waals surface area contributed by atoms with Crippen LogP contribution in [0.5, 0.6) is 0 Å². The van der Waals surface area contributed by atoms with Crippen LogP contribution < -0.4 is 10.2 Å². The Hall–Kier alpha value is -2.47. The van der Waals surface area contributed by atoms with E-state index in [9.17, 15) is 4.79 Å². The number of likely N-dealkylation sites (N-methyl/N-ethyl adjacent to an activating group) is 1. The van der Waals surface area contributed by atoms with Gasteiger partial charge < -0.3 is 15.1 Å². The number of rotatable bonds is 3. The Morgan fingerprint density at radius 1 is 1.04 bits per heavy atom. The molecule has 1 aromatic heterocycles. The van der Waals surface area contributed by atoms with Crippen LogP contribution >= 0.6 is 0 Å². The van der Waals surface area contributed by atoms with Crippen LogP contribution in [0.4, 0.5) is 11.5 Å². The summed E-state index contributed by atoms with van der Waals surface area (Å²) in [5, 5.41) is 2.98. The van der Waals surface area contributed by atoms with Crippen LogP contribution in [0.1, 0.15) is 36.8 Å². The first-order chi connectivity index (χ1) is 12.3. The molecule has 0 atom stereocenters. The summed E-state index contributed by atoms with van der Waals surface area (Å²) >= 11 is 0. The van der Waals surface area contributed by atoms with E-state index in [0.29, 0.717) is 5.69 Å². The van der Waals surface area contributed by atoms with Crippen molar-refractivity contribution in [3.05, 3.63) is 47.9 Å². The van der Waals surface area contributed by atoms with E-state index >= 15 is 0 Å². The molecule has 1 fully saturated rings. The number of hydrogen-bond acceptors (Lipinski definition) is 5. The van der Waals surface area contributed by atoms with Crippen molar-refractivity contribution in [2.45, 2.75) is 26.2 Å².